The fourth-order valence-corrected chi connectivity index (χ4v) is 2.46. The largest absolute Gasteiger partial charge is 0.493 e. The summed E-state index contributed by atoms with van der Waals surface area (Å²) in [6.45, 7) is 3.13. The van der Waals surface area contributed by atoms with Crippen LogP contribution in [-0.2, 0) is 11.4 Å². The predicted octanol–water partition coefficient (Wildman–Crippen LogP) is 4.52. The molecular weight excluding hydrogens is 330 g/mol. The van der Waals surface area contributed by atoms with E-state index in [1.54, 1.807) is 25.3 Å². The van der Waals surface area contributed by atoms with Crippen molar-refractivity contribution in [1.82, 2.24) is 5.48 Å². The minimum absolute atomic E-state index is 0.308. The summed E-state index contributed by atoms with van der Waals surface area (Å²) in [4.78, 5) is 17.5. The van der Waals surface area contributed by atoms with Crippen LogP contribution in [-0.4, -0.2) is 19.6 Å². The van der Waals surface area contributed by atoms with E-state index in [-0.39, 0.29) is 5.91 Å². The molecule has 0 spiro atoms. The maximum atomic E-state index is 12.2. The number of carbonyl (C=O) groups excluding carboxylic acids is 1. The molecule has 26 heavy (non-hydrogen) atoms. The first-order valence-corrected chi connectivity index (χ1v) is 9.01. The lowest BCUT2D eigenvalue weighted by atomic mass is 10.2. The number of rotatable bonds is 11. The Morgan fingerprint density at radius 2 is 1.81 bits per heavy atom. The second-order valence-electron chi connectivity index (χ2n) is 5.98. The van der Waals surface area contributed by atoms with Crippen LogP contribution in [0.5, 0.6) is 11.5 Å². The van der Waals surface area contributed by atoms with Gasteiger partial charge >= 0.3 is 0 Å². The van der Waals surface area contributed by atoms with Gasteiger partial charge in [0, 0.05) is 5.56 Å². The summed E-state index contributed by atoms with van der Waals surface area (Å²) in [5, 5.41) is 0. The topological polar surface area (TPSA) is 56.8 Å². The Morgan fingerprint density at radius 1 is 1.00 bits per heavy atom. The number of nitrogens with one attached hydrogen (secondary N) is 1. The fourth-order valence-electron chi connectivity index (χ4n) is 2.46. The zero-order valence-corrected chi connectivity index (χ0v) is 15.5. The van der Waals surface area contributed by atoms with Gasteiger partial charge in [-0.15, -0.1) is 0 Å². The third kappa shape index (κ3) is 6.41. The molecule has 2 aromatic rings. The Hall–Kier alpha value is -2.53. The van der Waals surface area contributed by atoms with Crippen molar-refractivity contribution in [3.63, 3.8) is 0 Å². The van der Waals surface area contributed by atoms with Gasteiger partial charge in [0.2, 0.25) is 0 Å². The van der Waals surface area contributed by atoms with Gasteiger partial charge in [-0.3, -0.25) is 9.63 Å². The number of hydroxylamine groups is 1. The molecule has 0 saturated heterocycles. The molecule has 5 heteroatoms. The van der Waals surface area contributed by atoms with Crippen molar-refractivity contribution >= 4 is 5.91 Å². The Morgan fingerprint density at radius 3 is 2.54 bits per heavy atom. The van der Waals surface area contributed by atoms with Crippen molar-refractivity contribution in [2.24, 2.45) is 0 Å². The lowest BCUT2D eigenvalue weighted by Crippen LogP contribution is -2.23. The fraction of sp³-hybridized carbons (Fsp3) is 0.381. The maximum absolute atomic E-state index is 12.2. The van der Waals surface area contributed by atoms with Crippen molar-refractivity contribution in [3.05, 3.63) is 59.7 Å². The van der Waals surface area contributed by atoms with Gasteiger partial charge in [0.15, 0.2) is 11.5 Å². The van der Waals surface area contributed by atoms with Crippen molar-refractivity contribution in [2.45, 2.75) is 39.2 Å². The summed E-state index contributed by atoms with van der Waals surface area (Å²) in [6.07, 6.45) is 4.56. The molecule has 0 heterocycles. The highest BCUT2D eigenvalue weighted by Gasteiger charge is 2.11. The second kappa shape index (κ2) is 11.2. The Kier molecular flexibility index (Phi) is 8.49. The number of benzene rings is 2. The first-order valence-electron chi connectivity index (χ1n) is 9.01. The van der Waals surface area contributed by atoms with Crippen LogP contribution < -0.4 is 15.0 Å². The van der Waals surface area contributed by atoms with Gasteiger partial charge in [0.05, 0.1) is 20.3 Å². The summed E-state index contributed by atoms with van der Waals surface area (Å²) in [5.41, 5.74) is 3.88. The monoisotopic (exact) mass is 357 g/mol. The molecule has 0 fully saturated rings. The van der Waals surface area contributed by atoms with Crippen molar-refractivity contribution in [3.8, 4) is 11.5 Å². The first-order chi connectivity index (χ1) is 12.7. The molecule has 140 valence electrons. The van der Waals surface area contributed by atoms with Gasteiger partial charge in [0.25, 0.3) is 5.91 Å². The number of hydrogen-bond donors (Lipinski definition) is 1. The zero-order chi connectivity index (χ0) is 18.6. The highest BCUT2D eigenvalue weighted by Crippen LogP contribution is 2.28. The second-order valence-corrected chi connectivity index (χ2v) is 5.98. The molecule has 2 rings (SSSR count). The molecule has 1 amide bonds. The van der Waals surface area contributed by atoms with Gasteiger partial charge in [-0.05, 0) is 30.2 Å². The van der Waals surface area contributed by atoms with E-state index in [4.69, 9.17) is 14.3 Å². The Labute approximate surface area is 155 Å². The molecule has 0 radical (unpaired) electrons. The lowest BCUT2D eigenvalue weighted by Gasteiger charge is -2.12. The van der Waals surface area contributed by atoms with Crippen LogP contribution in [0.15, 0.2) is 48.5 Å². The number of methoxy groups -OCH3 is 1. The molecule has 0 aliphatic carbocycles. The van der Waals surface area contributed by atoms with Crippen molar-refractivity contribution < 1.29 is 19.1 Å². The minimum atomic E-state index is -0.325. The standard InChI is InChI=1S/C21H27NO4/c1-3-4-5-9-14-25-19-13-12-18(15-20(19)24-2)21(23)22-26-16-17-10-7-6-8-11-17/h6-8,10-13,15H,3-5,9,14,16H2,1-2H3,(H,22,23). The van der Waals surface area contributed by atoms with Gasteiger partial charge in [-0.25, -0.2) is 5.48 Å². The molecule has 0 unspecified atom stereocenters. The molecule has 0 aromatic heterocycles. The number of unbranched alkanes of at least 4 members (excludes halogenated alkanes) is 3. The van der Waals surface area contributed by atoms with Crippen LogP contribution in [0.25, 0.3) is 0 Å². The number of amides is 1. The van der Waals surface area contributed by atoms with E-state index in [2.05, 4.69) is 12.4 Å². The summed E-state index contributed by atoms with van der Waals surface area (Å²) >= 11 is 0. The van der Waals surface area contributed by atoms with E-state index in [0.29, 0.717) is 30.3 Å². The van der Waals surface area contributed by atoms with Crippen molar-refractivity contribution in [2.75, 3.05) is 13.7 Å². The first kappa shape index (κ1) is 19.8. The van der Waals surface area contributed by atoms with E-state index in [1.165, 1.54) is 12.8 Å². The molecule has 1 N–H and O–H groups in total. The SMILES string of the molecule is CCCCCCOc1ccc(C(=O)NOCc2ccccc2)cc1OC. The molecule has 0 atom stereocenters. The Bertz CT molecular complexity index is 673. The maximum Gasteiger partial charge on any atom is 0.274 e. The van der Waals surface area contributed by atoms with E-state index >= 15 is 0 Å². The quantitative estimate of drug-likeness (QED) is 0.475. The smallest absolute Gasteiger partial charge is 0.274 e. The van der Waals surface area contributed by atoms with Gasteiger partial charge in [0.1, 0.15) is 0 Å². The molecule has 5 nitrogen and oxygen atoms in total. The van der Waals surface area contributed by atoms with Crippen LogP contribution >= 0.6 is 0 Å². The van der Waals surface area contributed by atoms with E-state index in [9.17, 15) is 4.79 Å². The number of hydrogen-bond acceptors (Lipinski definition) is 4. The lowest BCUT2D eigenvalue weighted by molar-refractivity contribution is 0.0233. The van der Waals surface area contributed by atoms with E-state index in [1.807, 2.05) is 30.3 Å². The third-order valence-electron chi connectivity index (χ3n) is 3.93. The summed E-state index contributed by atoms with van der Waals surface area (Å²) in [6, 6.07) is 14.8. The number of carbonyl (C=O) groups is 1. The third-order valence-corrected chi connectivity index (χ3v) is 3.93. The Balaban J connectivity index is 1.85. The van der Waals surface area contributed by atoms with Gasteiger partial charge < -0.3 is 9.47 Å². The van der Waals surface area contributed by atoms with Crippen molar-refractivity contribution in [1.29, 1.82) is 0 Å². The minimum Gasteiger partial charge on any atom is -0.493 e. The van der Waals surface area contributed by atoms with Crippen LogP contribution in [0.1, 0.15) is 48.5 Å². The normalized spacial score (nSPS) is 10.4. The molecule has 0 aliphatic rings. The molecule has 0 saturated carbocycles. The zero-order valence-electron chi connectivity index (χ0n) is 15.5. The summed E-state index contributed by atoms with van der Waals surface area (Å²) < 4.78 is 11.1. The molecule has 0 bridgehead atoms. The highest BCUT2D eigenvalue weighted by atomic mass is 16.6. The van der Waals surface area contributed by atoms with Crippen LogP contribution in [0.3, 0.4) is 0 Å². The van der Waals surface area contributed by atoms with E-state index < -0.39 is 0 Å². The molecular formula is C21H27NO4. The van der Waals surface area contributed by atoms with Crippen LogP contribution in [0, 0.1) is 0 Å². The van der Waals surface area contributed by atoms with Crippen LogP contribution in [0.4, 0.5) is 0 Å². The molecule has 0 aliphatic heterocycles. The average Bonchev–Trinajstić information content (AvgIpc) is 2.68. The van der Waals surface area contributed by atoms with E-state index in [0.717, 1.165) is 18.4 Å². The molecule has 2 aromatic carbocycles. The summed E-state index contributed by atoms with van der Waals surface area (Å²) in [7, 11) is 1.56. The predicted molar refractivity (Wildman–Crippen MR) is 101 cm³/mol. The highest BCUT2D eigenvalue weighted by molar-refractivity contribution is 5.94. The number of ether oxygens (including phenoxy) is 2. The van der Waals surface area contributed by atoms with Gasteiger partial charge in [-0.2, -0.15) is 0 Å². The van der Waals surface area contributed by atoms with Gasteiger partial charge in [-0.1, -0.05) is 56.5 Å². The average molecular weight is 357 g/mol. The van der Waals surface area contributed by atoms with Crippen LogP contribution in [0.2, 0.25) is 0 Å². The summed E-state index contributed by atoms with van der Waals surface area (Å²) in [5.74, 6) is 0.857.